The van der Waals surface area contributed by atoms with Gasteiger partial charge in [-0.25, -0.2) is 0 Å². The summed E-state index contributed by atoms with van der Waals surface area (Å²) in [6.45, 7) is 3.21. The molecule has 0 saturated carbocycles. The number of benzene rings is 2. The summed E-state index contributed by atoms with van der Waals surface area (Å²) >= 11 is 0. The van der Waals surface area contributed by atoms with Crippen molar-refractivity contribution in [3.63, 3.8) is 0 Å². The fourth-order valence-electron chi connectivity index (χ4n) is 2.05. The lowest BCUT2D eigenvalue weighted by atomic mass is 10.1. The lowest BCUT2D eigenvalue weighted by molar-refractivity contribution is -0.385. The highest BCUT2D eigenvalue weighted by Crippen LogP contribution is 2.23. The van der Waals surface area contributed by atoms with Crippen LogP contribution in [-0.2, 0) is 4.79 Å². The molecule has 0 bridgehead atoms. The molecule has 0 aliphatic rings. The number of hydrogen-bond acceptors (Lipinski definition) is 4. The van der Waals surface area contributed by atoms with Crippen LogP contribution in [0.4, 0.5) is 17.1 Å². The topological polar surface area (TPSA) is 101 Å². The Hall–Kier alpha value is -3.22. The smallest absolute Gasteiger partial charge is 0.282 e. The number of nitrogens with zero attached hydrogens (tertiary/aromatic N) is 1. The SMILES string of the molecule is CC(=O)Nc1cc(NC(=O)c2ccccc2[N+](=O)[O-])ccc1C. The predicted octanol–water partition coefficient (Wildman–Crippen LogP) is 3.11. The summed E-state index contributed by atoms with van der Waals surface area (Å²) in [5, 5.41) is 16.2. The van der Waals surface area contributed by atoms with Crippen molar-refractivity contribution >= 4 is 28.9 Å². The molecule has 2 rings (SSSR count). The van der Waals surface area contributed by atoms with E-state index in [1.807, 2.05) is 6.92 Å². The summed E-state index contributed by atoms with van der Waals surface area (Å²) in [5.41, 5.74) is 1.54. The highest BCUT2D eigenvalue weighted by atomic mass is 16.6. The Bertz CT molecular complexity index is 787. The zero-order chi connectivity index (χ0) is 17.0. The van der Waals surface area contributed by atoms with Gasteiger partial charge in [-0.2, -0.15) is 0 Å². The second-order valence-corrected chi connectivity index (χ2v) is 4.94. The molecule has 2 aromatic carbocycles. The van der Waals surface area contributed by atoms with Crippen molar-refractivity contribution in [2.45, 2.75) is 13.8 Å². The van der Waals surface area contributed by atoms with E-state index in [2.05, 4.69) is 10.6 Å². The van der Waals surface area contributed by atoms with Crippen molar-refractivity contribution in [3.05, 3.63) is 63.7 Å². The molecule has 0 heterocycles. The molecule has 0 unspecified atom stereocenters. The largest absolute Gasteiger partial charge is 0.326 e. The molecule has 0 spiro atoms. The van der Waals surface area contributed by atoms with Crippen LogP contribution >= 0.6 is 0 Å². The molecule has 0 radical (unpaired) electrons. The van der Waals surface area contributed by atoms with Gasteiger partial charge in [0.25, 0.3) is 11.6 Å². The molecule has 0 aliphatic carbocycles. The molecule has 7 heteroatoms. The first kappa shape index (κ1) is 16.2. The van der Waals surface area contributed by atoms with Crippen LogP contribution in [0.2, 0.25) is 0 Å². The first-order valence-corrected chi connectivity index (χ1v) is 6.81. The molecule has 2 N–H and O–H groups in total. The number of aryl methyl sites for hydroxylation is 1. The van der Waals surface area contributed by atoms with Crippen LogP contribution in [0.15, 0.2) is 42.5 Å². The molecule has 0 fully saturated rings. The Balaban J connectivity index is 2.27. The van der Waals surface area contributed by atoms with E-state index >= 15 is 0 Å². The molecular formula is C16H15N3O4. The van der Waals surface area contributed by atoms with Crippen molar-refractivity contribution in [2.75, 3.05) is 10.6 Å². The summed E-state index contributed by atoms with van der Waals surface area (Å²) < 4.78 is 0. The second kappa shape index (κ2) is 6.69. The number of carbonyl (C=O) groups is 2. The van der Waals surface area contributed by atoms with Gasteiger partial charge in [-0.1, -0.05) is 18.2 Å². The lowest BCUT2D eigenvalue weighted by Gasteiger charge is -2.10. The van der Waals surface area contributed by atoms with E-state index in [9.17, 15) is 19.7 Å². The van der Waals surface area contributed by atoms with Gasteiger partial charge in [-0.05, 0) is 30.7 Å². The predicted molar refractivity (Wildman–Crippen MR) is 86.5 cm³/mol. The number of nitro benzene ring substituents is 1. The fraction of sp³-hybridized carbons (Fsp3) is 0.125. The zero-order valence-electron chi connectivity index (χ0n) is 12.6. The van der Waals surface area contributed by atoms with E-state index in [1.165, 1.54) is 25.1 Å². The van der Waals surface area contributed by atoms with Crippen LogP contribution in [0.1, 0.15) is 22.8 Å². The first-order chi connectivity index (χ1) is 10.9. The third kappa shape index (κ3) is 3.91. The number of rotatable bonds is 4. The van der Waals surface area contributed by atoms with Crippen LogP contribution < -0.4 is 10.6 Å². The van der Waals surface area contributed by atoms with Gasteiger partial charge < -0.3 is 10.6 Å². The maximum Gasteiger partial charge on any atom is 0.282 e. The molecule has 2 aromatic rings. The Labute approximate surface area is 132 Å². The fourth-order valence-corrected chi connectivity index (χ4v) is 2.05. The molecule has 2 amide bonds. The lowest BCUT2D eigenvalue weighted by Crippen LogP contribution is -2.14. The Morgan fingerprint density at radius 2 is 1.78 bits per heavy atom. The van der Waals surface area contributed by atoms with Crippen LogP contribution in [0.5, 0.6) is 0 Å². The minimum absolute atomic E-state index is 0.0286. The standard InChI is InChI=1S/C16H15N3O4/c1-10-7-8-12(9-14(10)17-11(2)20)18-16(21)13-5-3-4-6-15(13)19(22)23/h3-9H,1-2H3,(H,17,20)(H,18,21). The summed E-state index contributed by atoms with van der Waals surface area (Å²) in [5.74, 6) is -0.815. The van der Waals surface area contributed by atoms with E-state index < -0.39 is 10.8 Å². The molecule has 118 valence electrons. The molecule has 0 aliphatic heterocycles. The van der Waals surface area contributed by atoms with Crippen molar-refractivity contribution < 1.29 is 14.5 Å². The van der Waals surface area contributed by atoms with E-state index in [0.717, 1.165) is 5.56 Å². The second-order valence-electron chi connectivity index (χ2n) is 4.94. The Morgan fingerprint density at radius 3 is 2.43 bits per heavy atom. The van der Waals surface area contributed by atoms with Gasteiger partial charge >= 0.3 is 0 Å². The van der Waals surface area contributed by atoms with Gasteiger partial charge in [0.1, 0.15) is 5.56 Å². The van der Waals surface area contributed by atoms with Crippen LogP contribution in [0.3, 0.4) is 0 Å². The van der Waals surface area contributed by atoms with Crippen molar-refractivity contribution in [2.24, 2.45) is 0 Å². The van der Waals surface area contributed by atoms with Crippen LogP contribution in [-0.4, -0.2) is 16.7 Å². The number of anilines is 2. The van der Waals surface area contributed by atoms with Gasteiger partial charge in [0, 0.05) is 24.4 Å². The number of hydrogen-bond donors (Lipinski definition) is 2. The third-order valence-electron chi connectivity index (χ3n) is 3.15. The first-order valence-electron chi connectivity index (χ1n) is 6.81. The normalized spacial score (nSPS) is 10.0. The molecule has 23 heavy (non-hydrogen) atoms. The highest BCUT2D eigenvalue weighted by Gasteiger charge is 2.19. The minimum atomic E-state index is -0.604. The Kier molecular flexibility index (Phi) is 4.70. The molecule has 0 atom stereocenters. The van der Waals surface area contributed by atoms with Crippen molar-refractivity contribution in [1.82, 2.24) is 0 Å². The van der Waals surface area contributed by atoms with Gasteiger partial charge in [0.15, 0.2) is 0 Å². The third-order valence-corrected chi connectivity index (χ3v) is 3.15. The summed E-state index contributed by atoms with van der Waals surface area (Å²) in [6, 6.07) is 10.7. The van der Waals surface area contributed by atoms with E-state index in [-0.39, 0.29) is 17.2 Å². The maximum absolute atomic E-state index is 12.3. The van der Waals surface area contributed by atoms with Gasteiger partial charge in [0.2, 0.25) is 5.91 Å². The summed E-state index contributed by atoms with van der Waals surface area (Å²) in [6.07, 6.45) is 0. The number of para-hydroxylation sites is 1. The van der Waals surface area contributed by atoms with Crippen LogP contribution in [0.25, 0.3) is 0 Å². The van der Waals surface area contributed by atoms with E-state index in [1.54, 1.807) is 24.3 Å². The average Bonchev–Trinajstić information content (AvgIpc) is 2.50. The number of amides is 2. The molecular weight excluding hydrogens is 298 g/mol. The number of nitro groups is 1. The number of carbonyl (C=O) groups excluding carboxylic acids is 2. The summed E-state index contributed by atoms with van der Waals surface area (Å²) in [4.78, 5) is 33.8. The van der Waals surface area contributed by atoms with Gasteiger partial charge in [0.05, 0.1) is 4.92 Å². The molecule has 0 aromatic heterocycles. The van der Waals surface area contributed by atoms with E-state index in [4.69, 9.17) is 0 Å². The average molecular weight is 313 g/mol. The quantitative estimate of drug-likeness (QED) is 0.668. The molecule has 0 saturated heterocycles. The molecule has 7 nitrogen and oxygen atoms in total. The minimum Gasteiger partial charge on any atom is -0.326 e. The van der Waals surface area contributed by atoms with Crippen molar-refractivity contribution in [1.29, 1.82) is 0 Å². The maximum atomic E-state index is 12.3. The monoisotopic (exact) mass is 313 g/mol. The highest BCUT2D eigenvalue weighted by molar-refractivity contribution is 6.07. The van der Waals surface area contributed by atoms with Gasteiger partial charge in [-0.15, -0.1) is 0 Å². The van der Waals surface area contributed by atoms with Gasteiger partial charge in [-0.3, -0.25) is 19.7 Å². The zero-order valence-corrected chi connectivity index (χ0v) is 12.6. The number of nitrogens with one attached hydrogen (secondary N) is 2. The van der Waals surface area contributed by atoms with Crippen molar-refractivity contribution in [3.8, 4) is 0 Å². The Morgan fingerprint density at radius 1 is 1.09 bits per heavy atom. The van der Waals surface area contributed by atoms with E-state index in [0.29, 0.717) is 11.4 Å². The summed E-state index contributed by atoms with van der Waals surface area (Å²) in [7, 11) is 0. The van der Waals surface area contributed by atoms with Crippen LogP contribution in [0, 0.1) is 17.0 Å².